The highest BCUT2D eigenvalue weighted by Gasteiger charge is 2.24. The van der Waals surface area contributed by atoms with Gasteiger partial charge in [0.25, 0.3) is 0 Å². The van der Waals surface area contributed by atoms with E-state index in [9.17, 15) is 13.2 Å². The quantitative estimate of drug-likeness (QED) is 0.603. The van der Waals surface area contributed by atoms with E-state index in [4.69, 9.17) is 4.52 Å². The van der Waals surface area contributed by atoms with E-state index in [-0.39, 0.29) is 29.1 Å². The van der Waals surface area contributed by atoms with Crippen molar-refractivity contribution in [2.45, 2.75) is 44.0 Å². The molecule has 8 nitrogen and oxygen atoms in total. The summed E-state index contributed by atoms with van der Waals surface area (Å²) in [5.41, 5.74) is 1.08. The van der Waals surface area contributed by atoms with Crippen molar-refractivity contribution in [1.82, 2.24) is 19.8 Å². The van der Waals surface area contributed by atoms with Crippen LogP contribution in [0.15, 0.2) is 45.1 Å². The molecule has 3 heterocycles. The molecule has 1 aliphatic heterocycles. The SMILES string of the molecule is Cc1ccc(-c2noc(C(=O)N3CCCCCC3)n2)cc1S(=O)(=O)NCc1cccs1. The number of sulfonamides is 1. The standard InChI is InChI=1S/C21H24N4O4S2/c1-15-8-9-16(13-18(15)31(27,28)22-14-17-7-6-12-30-17)19-23-20(29-24-19)21(26)25-10-4-2-3-5-11-25/h6-9,12-13,22H,2-5,10-11,14H2,1H3. The van der Waals surface area contributed by atoms with Crippen LogP contribution in [0.5, 0.6) is 0 Å². The van der Waals surface area contributed by atoms with Gasteiger partial charge in [0.05, 0.1) is 4.90 Å². The minimum absolute atomic E-state index is 0.0716. The first-order valence-electron chi connectivity index (χ1n) is 10.2. The van der Waals surface area contributed by atoms with Crippen LogP contribution in [0.1, 0.15) is 46.8 Å². The van der Waals surface area contributed by atoms with Gasteiger partial charge in [0.2, 0.25) is 15.8 Å². The van der Waals surface area contributed by atoms with Crippen LogP contribution in [-0.4, -0.2) is 42.5 Å². The number of hydrogen-bond donors (Lipinski definition) is 1. The van der Waals surface area contributed by atoms with Crippen LogP contribution in [-0.2, 0) is 16.6 Å². The van der Waals surface area contributed by atoms with E-state index in [0.29, 0.717) is 24.2 Å². The van der Waals surface area contributed by atoms with Crippen LogP contribution in [0, 0.1) is 6.92 Å². The Morgan fingerprint density at radius 1 is 1.19 bits per heavy atom. The molecule has 1 saturated heterocycles. The molecular weight excluding hydrogens is 436 g/mol. The number of benzene rings is 1. The second-order valence-electron chi connectivity index (χ2n) is 7.51. The van der Waals surface area contributed by atoms with Gasteiger partial charge in [0.15, 0.2) is 0 Å². The summed E-state index contributed by atoms with van der Waals surface area (Å²) in [6.45, 7) is 3.31. The maximum Gasteiger partial charge on any atom is 0.316 e. The molecular formula is C21H24N4O4S2. The summed E-state index contributed by atoms with van der Waals surface area (Å²) in [5, 5.41) is 5.82. The van der Waals surface area contributed by atoms with E-state index >= 15 is 0 Å². The van der Waals surface area contributed by atoms with Crippen molar-refractivity contribution in [2.24, 2.45) is 0 Å². The molecule has 10 heteroatoms. The maximum atomic E-state index is 12.9. The predicted octanol–water partition coefficient (Wildman–Crippen LogP) is 3.60. The first-order chi connectivity index (χ1) is 14.9. The number of amides is 1. The summed E-state index contributed by atoms with van der Waals surface area (Å²) in [5.74, 6) is -0.163. The number of likely N-dealkylation sites (tertiary alicyclic amines) is 1. The van der Waals surface area contributed by atoms with E-state index in [1.165, 1.54) is 17.4 Å². The minimum atomic E-state index is -3.73. The summed E-state index contributed by atoms with van der Waals surface area (Å²) < 4.78 is 33.5. The summed E-state index contributed by atoms with van der Waals surface area (Å²) >= 11 is 1.49. The first kappa shape index (κ1) is 21.7. The van der Waals surface area contributed by atoms with Gasteiger partial charge in [-0.15, -0.1) is 11.3 Å². The lowest BCUT2D eigenvalue weighted by Gasteiger charge is -2.17. The molecule has 3 aromatic rings. The fourth-order valence-corrected chi connectivity index (χ4v) is 5.53. The molecule has 0 saturated carbocycles. The Bertz CT molecular complexity index is 1150. The number of carbonyl (C=O) groups is 1. The number of aryl methyl sites for hydroxylation is 1. The van der Waals surface area contributed by atoms with Crippen LogP contribution >= 0.6 is 11.3 Å². The Kier molecular flexibility index (Phi) is 6.49. The van der Waals surface area contributed by atoms with Gasteiger partial charge in [-0.2, -0.15) is 4.98 Å². The topological polar surface area (TPSA) is 105 Å². The molecule has 0 atom stereocenters. The van der Waals surface area contributed by atoms with E-state index in [1.54, 1.807) is 24.0 Å². The predicted molar refractivity (Wildman–Crippen MR) is 117 cm³/mol. The fourth-order valence-electron chi connectivity index (χ4n) is 3.52. The zero-order valence-corrected chi connectivity index (χ0v) is 18.8. The summed E-state index contributed by atoms with van der Waals surface area (Å²) in [6.07, 6.45) is 4.15. The van der Waals surface area contributed by atoms with E-state index in [2.05, 4.69) is 14.9 Å². The molecule has 2 aromatic heterocycles. The van der Waals surface area contributed by atoms with E-state index in [0.717, 1.165) is 30.6 Å². The number of nitrogens with one attached hydrogen (secondary N) is 1. The van der Waals surface area contributed by atoms with Gasteiger partial charge in [-0.05, 0) is 42.8 Å². The largest absolute Gasteiger partial charge is 0.334 e. The summed E-state index contributed by atoms with van der Waals surface area (Å²) in [7, 11) is -3.73. The van der Waals surface area contributed by atoms with Crippen molar-refractivity contribution in [3.05, 3.63) is 52.0 Å². The molecule has 31 heavy (non-hydrogen) atoms. The van der Waals surface area contributed by atoms with Crippen molar-refractivity contribution >= 4 is 27.3 Å². The molecule has 0 aliphatic carbocycles. The monoisotopic (exact) mass is 460 g/mol. The Balaban J connectivity index is 1.55. The van der Waals surface area contributed by atoms with Gasteiger partial charge < -0.3 is 9.42 Å². The minimum Gasteiger partial charge on any atom is -0.334 e. The highest BCUT2D eigenvalue weighted by Crippen LogP contribution is 2.24. The van der Waals surface area contributed by atoms with Crippen molar-refractivity contribution in [2.75, 3.05) is 13.1 Å². The highest BCUT2D eigenvalue weighted by atomic mass is 32.2. The summed E-state index contributed by atoms with van der Waals surface area (Å²) in [6, 6.07) is 8.68. The third kappa shape index (κ3) is 5.03. The zero-order valence-electron chi connectivity index (χ0n) is 17.2. The van der Waals surface area contributed by atoms with E-state index in [1.807, 2.05) is 17.5 Å². The van der Waals surface area contributed by atoms with Crippen LogP contribution < -0.4 is 4.72 Å². The number of aromatic nitrogens is 2. The van der Waals surface area contributed by atoms with Crippen LogP contribution in [0.2, 0.25) is 0 Å². The molecule has 1 aromatic carbocycles. The van der Waals surface area contributed by atoms with Gasteiger partial charge in [-0.1, -0.05) is 36.2 Å². The molecule has 0 unspecified atom stereocenters. The zero-order chi connectivity index (χ0) is 21.8. The molecule has 1 amide bonds. The highest BCUT2D eigenvalue weighted by molar-refractivity contribution is 7.89. The lowest BCUT2D eigenvalue weighted by Crippen LogP contribution is -2.32. The van der Waals surface area contributed by atoms with Crippen molar-refractivity contribution in [3.63, 3.8) is 0 Å². The van der Waals surface area contributed by atoms with Crippen molar-refractivity contribution in [1.29, 1.82) is 0 Å². The molecule has 1 N–H and O–H groups in total. The number of hydrogen-bond acceptors (Lipinski definition) is 7. The number of thiophene rings is 1. The molecule has 0 spiro atoms. The summed E-state index contributed by atoms with van der Waals surface area (Å²) in [4.78, 5) is 19.8. The van der Waals surface area contributed by atoms with Crippen LogP contribution in [0.3, 0.4) is 0 Å². The number of carbonyl (C=O) groups excluding carboxylic acids is 1. The van der Waals surface area contributed by atoms with Crippen LogP contribution in [0.25, 0.3) is 11.4 Å². The lowest BCUT2D eigenvalue weighted by molar-refractivity contribution is 0.0711. The Morgan fingerprint density at radius 2 is 1.97 bits per heavy atom. The fraction of sp³-hybridized carbons (Fsp3) is 0.381. The smallest absolute Gasteiger partial charge is 0.316 e. The van der Waals surface area contributed by atoms with Gasteiger partial charge in [-0.25, -0.2) is 13.1 Å². The average Bonchev–Trinajstić information content (AvgIpc) is 3.39. The molecule has 1 aliphatic rings. The first-order valence-corrected chi connectivity index (χ1v) is 12.6. The molecule has 164 valence electrons. The normalized spacial score (nSPS) is 15.1. The lowest BCUT2D eigenvalue weighted by atomic mass is 10.1. The second-order valence-corrected chi connectivity index (χ2v) is 10.3. The van der Waals surface area contributed by atoms with Crippen molar-refractivity contribution < 1.29 is 17.7 Å². The molecule has 0 bridgehead atoms. The third-order valence-corrected chi connectivity index (χ3v) is 7.67. The van der Waals surface area contributed by atoms with Gasteiger partial charge in [0.1, 0.15) is 0 Å². The molecule has 4 rings (SSSR count). The molecule has 1 fully saturated rings. The Labute approximate surface area is 185 Å². The molecule has 0 radical (unpaired) electrons. The van der Waals surface area contributed by atoms with Crippen molar-refractivity contribution in [3.8, 4) is 11.4 Å². The number of nitrogens with zero attached hydrogens (tertiary/aromatic N) is 3. The van der Waals surface area contributed by atoms with Gasteiger partial charge >= 0.3 is 11.8 Å². The van der Waals surface area contributed by atoms with Gasteiger partial charge in [-0.3, -0.25) is 4.79 Å². The van der Waals surface area contributed by atoms with Crippen LogP contribution in [0.4, 0.5) is 0 Å². The average molecular weight is 461 g/mol. The third-order valence-electron chi connectivity index (χ3n) is 5.25. The van der Waals surface area contributed by atoms with Gasteiger partial charge in [0, 0.05) is 30.1 Å². The second kappa shape index (κ2) is 9.29. The van der Waals surface area contributed by atoms with E-state index < -0.39 is 10.0 Å². The Morgan fingerprint density at radius 3 is 2.68 bits per heavy atom. The Hall–Kier alpha value is -2.56. The number of rotatable bonds is 6. The maximum absolute atomic E-state index is 12.9.